The molecule has 3 rings (SSSR count). The van der Waals surface area contributed by atoms with Crippen molar-refractivity contribution in [3.63, 3.8) is 0 Å². The Bertz CT molecular complexity index is 1130. The van der Waals surface area contributed by atoms with Gasteiger partial charge in [0.1, 0.15) is 24.1 Å². The zero-order chi connectivity index (χ0) is 24.5. The summed E-state index contributed by atoms with van der Waals surface area (Å²) in [6.07, 6.45) is 0.412. The first-order valence-electron chi connectivity index (χ1n) is 10.9. The number of benzene rings is 2. The van der Waals surface area contributed by atoms with Crippen molar-refractivity contribution in [2.24, 2.45) is 0 Å². The van der Waals surface area contributed by atoms with Crippen molar-refractivity contribution in [2.75, 3.05) is 18.9 Å². The van der Waals surface area contributed by atoms with Gasteiger partial charge in [-0.2, -0.15) is 15.4 Å². The van der Waals surface area contributed by atoms with E-state index in [9.17, 15) is 14.4 Å². The Hall–Kier alpha value is -3.66. The van der Waals surface area contributed by atoms with Crippen LogP contribution in [-0.2, 0) is 20.9 Å². The molecular formula is C23H27ClN6O4. The largest absolute Gasteiger partial charge is 0.445 e. The molecule has 3 N–H and O–H groups in total. The number of carbonyl (C=O) groups excluding carboxylic acids is 3. The summed E-state index contributed by atoms with van der Waals surface area (Å²) in [4.78, 5) is 38.2. The van der Waals surface area contributed by atoms with Crippen LogP contribution in [0.4, 0.5) is 10.5 Å². The second kappa shape index (κ2) is 12.0. The molecule has 1 unspecified atom stereocenters. The van der Waals surface area contributed by atoms with E-state index in [1.165, 1.54) is 4.90 Å². The van der Waals surface area contributed by atoms with Crippen molar-refractivity contribution in [3.8, 4) is 0 Å². The van der Waals surface area contributed by atoms with E-state index in [0.717, 1.165) is 5.56 Å². The molecular weight excluding hydrogens is 460 g/mol. The summed E-state index contributed by atoms with van der Waals surface area (Å²) < 4.78 is 5.30. The molecule has 0 bridgehead atoms. The Kier molecular flexibility index (Phi) is 8.80. The number of carbonyl (C=O) groups is 3. The molecule has 0 spiro atoms. The van der Waals surface area contributed by atoms with E-state index < -0.39 is 12.0 Å². The van der Waals surface area contributed by atoms with Gasteiger partial charge in [0, 0.05) is 30.3 Å². The minimum atomic E-state index is -0.459. The van der Waals surface area contributed by atoms with E-state index in [1.54, 1.807) is 49.5 Å². The Balaban J connectivity index is 1.39. The third-order valence-electron chi connectivity index (χ3n) is 5.18. The van der Waals surface area contributed by atoms with Crippen LogP contribution in [0.3, 0.4) is 0 Å². The average Bonchev–Trinajstić information content (AvgIpc) is 3.28. The van der Waals surface area contributed by atoms with E-state index in [-0.39, 0.29) is 25.0 Å². The first kappa shape index (κ1) is 25.0. The summed E-state index contributed by atoms with van der Waals surface area (Å²) in [7, 11) is 1.64. The van der Waals surface area contributed by atoms with Gasteiger partial charge in [-0.25, -0.2) is 4.79 Å². The third kappa shape index (κ3) is 7.45. The lowest BCUT2D eigenvalue weighted by Crippen LogP contribution is -2.39. The molecule has 0 saturated heterocycles. The maximum atomic E-state index is 12.3. The summed E-state index contributed by atoms with van der Waals surface area (Å²) in [6.45, 7) is 2.46. The zero-order valence-electron chi connectivity index (χ0n) is 19.0. The van der Waals surface area contributed by atoms with Crippen molar-refractivity contribution in [1.29, 1.82) is 0 Å². The second-order valence-corrected chi connectivity index (χ2v) is 8.25. The molecule has 180 valence electrons. The van der Waals surface area contributed by atoms with E-state index in [0.29, 0.717) is 41.1 Å². The van der Waals surface area contributed by atoms with Crippen LogP contribution in [0.15, 0.2) is 42.5 Å². The molecule has 1 heterocycles. The molecule has 10 nitrogen and oxygen atoms in total. The number of aromatic nitrogens is 3. The Morgan fingerprint density at radius 3 is 2.56 bits per heavy atom. The Morgan fingerprint density at radius 2 is 1.82 bits per heavy atom. The number of anilines is 1. The van der Waals surface area contributed by atoms with Gasteiger partial charge in [-0.3, -0.25) is 9.59 Å². The lowest BCUT2D eigenvalue weighted by molar-refractivity contribution is -0.127. The number of nitrogens with one attached hydrogen (secondary N) is 3. The molecule has 0 saturated carbocycles. The Labute approximate surface area is 202 Å². The van der Waals surface area contributed by atoms with Gasteiger partial charge < -0.3 is 20.3 Å². The van der Waals surface area contributed by atoms with Crippen LogP contribution in [-0.4, -0.2) is 57.9 Å². The van der Waals surface area contributed by atoms with E-state index in [2.05, 4.69) is 26.0 Å². The number of aromatic amines is 1. The number of halogens is 1. The van der Waals surface area contributed by atoms with Gasteiger partial charge in [0.05, 0.1) is 0 Å². The fourth-order valence-electron chi connectivity index (χ4n) is 3.20. The number of nitrogens with zero attached hydrogens (tertiary/aromatic N) is 3. The molecule has 1 aromatic heterocycles. The highest BCUT2D eigenvalue weighted by Crippen LogP contribution is 2.15. The van der Waals surface area contributed by atoms with Crippen molar-refractivity contribution >= 4 is 46.2 Å². The number of H-pyrrole nitrogens is 1. The first-order valence-corrected chi connectivity index (χ1v) is 11.2. The third-order valence-corrected chi connectivity index (χ3v) is 5.43. The summed E-state index contributed by atoms with van der Waals surface area (Å²) >= 11 is 5.85. The number of amides is 3. The summed E-state index contributed by atoms with van der Waals surface area (Å²) in [5.74, 6) is -0.821. The number of fused-ring (bicyclic) bond motifs is 1. The van der Waals surface area contributed by atoms with Gasteiger partial charge in [-0.1, -0.05) is 30.7 Å². The summed E-state index contributed by atoms with van der Waals surface area (Å²) in [6, 6.07) is 12.0. The van der Waals surface area contributed by atoms with Crippen LogP contribution < -0.4 is 10.6 Å². The fraction of sp³-hybridized carbons (Fsp3) is 0.348. The van der Waals surface area contributed by atoms with Crippen molar-refractivity contribution in [1.82, 2.24) is 25.6 Å². The minimum absolute atomic E-state index is 0.146. The number of rotatable bonds is 10. The van der Waals surface area contributed by atoms with Gasteiger partial charge in [0.15, 0.2) is 0 Å². The van der Waals surface area contributed by atoms with Crippen LogP contribution in [0.25, 0.3) is 11.0 Å². The number of ether oxygens (including phenoxy) is 1. The molecule has 3 amide bonds. The molecule has 0 aliphatic heterocycles. The molecule has 1 atom stereocenters. The highest BCUT2D eigenvalue weighted by molar-refractivity contribution is 6.30. The standard InChI is InChI=1S/C23H27ClN6O4/c1-3-17(10-11-30(2)23(33)34-14-15-4-6-16(24)7-5-15)25-21(31)13-22(32)26-18-8-9-19-20(12-18)28-29-27-19/h4-9,12,17H,3,10-11,13-14H2,1-2H3,(H,25,31)(H,26,32)(H,27,28,29). The van der Waals surface area contributed by atoms with Crippen molar-refractivity contribution in [3.05, 3.63) is 53.1 Å². The van der Waals surface area contributed by atoms with Gasteiger partial charge in [0.2, 0.25) is 11.8 Å². The van der Waals surface area contributed by atoms with E-state index in [4.69, 9.17) is 16.3 Å². The molecule has 3 aromatic rings. The highest BCUT2D eigenvalue weighted by atomic mass is 35.5. The van der Waals surface area contributed by atoms with Gasteiger partial charge in [-0.15, -0.1) is 0 Å². The predicted molar refractivity (Wildman–Crippen MR) is 128 cm³/mol. The van der Waals surface area contributed by atoms with Crippen LogP contribution >= 0.6 is 11.6 Å². The molecule has 2 aromatic carbocycles. The molecule has 11 heteroatoms. The van der Waals surface area contributed by atoms with Crippen LogP contribution in [0.2, 0.25) is 5.02 Å². The van der Waals surface area contributed by atoms with Crippen molar-refractivity contribution < 1.29 is 19.1 Å². The smallest absolute Gasteiger partial charge is 0.409 e. The topological polar surface area (TPSA) is 129 Å². The van der Waals surface area contributed by atoms with E-state index in [1.807, 2.05) is 6.92 Å². The normalized spacial score (nSPS) is 11.6. The quantitative estimate of drug-likeness (QED) is 0.376. The molecule has 0 aliphatic rings. The average molecular weight is 487 g/mol. The van der Waals surface area contributed by atoms with Gasteiger partial charge >= 0.3 is 6.09 Å². The maximum Gasteiger partial charge on any atom is 0.409 e. The molecule has 0 radical (unpaired) electrons. The monoisotopic (exact) mass is 486 g/mol. The zero-order valence-corrected chi connectivity index (χ0v) is 19.8. The van der Waals surface area contributed by atoms with Gasteiger partial charge in [0.25, 0.3) is 0 Å². The molecule has 0 fully saturated rings. The van der Waals surface area contributed by atoms with Crippen LogP contribution in [0.1, 0.15) is 31.7 Å². The second-order valence-electron chi connectivity index (χ2n) is 7.82. The fourth-order valence-corrected chi connectivity index (χ4v) is 3.33. The highest BCUT2D eigenvalue weighted by Gasteiger charge is 2.17. The molecule has 0 aliphatic carbocycles. The van der Waals surface area contributed by atoms with E-state index >= 15 is 0 Å². The Morgan fingerprint density at radius 1 is 1.09 bits per heavy atom. The predicted octanol–water partition coefficient (Wildman–Crippen LogP) is 3.49. The number of hydrogen-bond donors (Lipinski definition) is 3. The minimum Gasteiger partial charge on any atom is -0.445 e. The van der Waals surface area contributed by atoms with Gasteiger partial charge in [-0.05, 0) is 48.7 Å². The van der Waals surface area contributed by atoms with Crippen LogP contribution in [0, 0.1) is 0 Å². The maximum absolute atomic E-state index is 12.3. The lowest BCUT2D eigenvalue weighted by Gasteiger charge is -2.21. The van der Waals surface area contributed by atoms with Crippen molar-refractivity contribution in [2.45, 2.75) is 38.8 Å². The molecule has 34 heavy (non-hydrogen) atoms. The number of hydrogen-bond acceptors (Lipinski definition) is 6. The summed E-state index contributed by atoms with van der Waals surface area (Å²) in [5.41, 5.74) is 2.67. The van der Waals surface area contributed by atoms with Crippen LogP contribution in [0.5, 0.6) is 0 Å². The lowest BCUT2D eigenvalue weighted by atomic mass is 10.1. The SMILES string of the molecule is CCC(CCN(C)C(=O)OCc1ccc(Cl)cc1)NC(=O)CC(=O)Nc1ccc2n[nH]nc2c1. The summed E-state index contributed by atoms with van der Waals surface area (Å²) in [5, 5.41) is 16.6. The first-order chi connectivity index (χ1) is 16.3.